The van der Waals surface area contributed by atoms with E-state index in [1.807, 2.05) is 66.7 Å². The molecule has 0 spiro atoms. The average molecular weight is 386 g/mol. The lowest BCUT2D eigenvalue weighted by Crippen LogP contribution is -2.21. The minimum Gasteiger partial charge on any atom is -0.675 e. The number of nitrogens with one attached hydrogen (secondary N) is 1. The van der Waals surface area contributed by atoms with Crippen LogP contribution in [0.3, 0.4) is 0 Å². The first-order valence-electron chi connectivity index (χ1n) is 9.26. The van der Waals surface area contributed by atoms with E-state index in [0.29, 0.717) is 18.1 Å². The Morgan fingerprint density at radius 2 is 1.21 bits per heavy atom. The molecule has 0 saturated heterocycles. The maximum Gasteiger partial charge on any atom is 0.337 e. The molecule has 3 aromatic carbocycles. The Balaban J connectivity index is 1.53. The summed E-state index contributed by atoms with van der Waals surface area (Å²) in [5.41, 5.74) is 8.47. The summed E-state index contributed by atoms with van der Waals surface area (Å²) >= 11 is 0. The third-order valence-corrected chi connectivity index (χ3v) is 4.36. The number of ether oxygens (including phenoxy) is 2. The van der Waals surface area contributed by atoms with Gasteiger partial charge in [-0.1, -0.05) is 18.2 Å². The Labute approximate surface area is 168 Å². The van der Waals surface area contributed by atoms with E-state index in [9.17, 15) is 4.79 Å². The standard InChI is InChI=1S/C23H20N3O3/c24-14-17-28-20-10-6-18(7-11-20)25-15-16-26(23(25)27)19-8-12-22(13-9-19)29-21-4-2-1-3-5-21/h1-13,15-16,24H,14,17H2/q-1. The van der Waals surface area contributed by atoms with Crippen molar-refractivity contribution in [2.24, 2.45) is 0 Å². The SMILES string of the molecule is [NH-]CCOc1ccc(-n2ccn(-c3ccc(Oc4ccccc4)cc3)c2=O)cc1. The van der Waals surface area contributed by atoms with Gasteiger partial charge in [0.2, 0.25) is 0 Å². The van der Waals surface area contributed by atoms with Gasteiger partial charge in [0.15, 0.2) is 0 Å². The van der Waals surface area contributed by atoms with Crippen molar-refractivity contribution in [2.45, 2.75) is 0 Å². The first-order chi connectivity index (χ1) is 14.2. The molecule has 29 heavy (non-hydrogen) atoms. The highest BCUT2D eigenvalue weighted by molar-refractivity contribution is 5.41. The lowest BCUT2D eigenvalue weighted by atomic mass is 10.3. The Kier molecular flexibility index (Phi) is 5.45. The van der Waals surface area contributed by atoms with Gasteiger partial charge in [0.1, 0.15) is 17.2 Å². The first-order valence-corrected chi connectivity index (χ1v) is 9.26. The molecule has 0 radical (unpaired) electrons. The van der Waals surface area contributed by atoms with Gasteiger partial charge in [0.25, 0.3) is 0 Å². The minimum atomic E-state index is -0.165. The van der Waals surface area contributed by atoms with Gasteiger partial charge < -0.3 is 15.2 Å². The normalized spacial score (nSPS) is 10.7. The molecule has 0 saturated carbocycles. The molecular weight excluding hydrogens is 366 g/mol. The van der Waals surface area contributed by atoms with Crippen molar-refractivity contribution >= 4 is 0 Å². The molecule has 0 aliphatic carbocycles. The number of nitrogens with zero attached hydrogens (tertiary/aromatic N) is 2. The summed E-state index contributed by atoms with van der Waals surface area (Å²) in [6.45, 7) is 0.554. The summed E-state index contributed by atoms with van der Waals surface area (Å²) in [6.07, 6.45) is 3.47. The minimum absolute atomic E-state index is 0.165. The fourth-order valence-corrected chi connectivity index (χ4v) is 2.94. The second-order valence-electron chi connectivity index (χ2n) is 6.32. The van der Waals surface area contributed by atoms with Gasteiger partial charge in [0, 0.05) is 12.4 Å². The number of hydrogen-bond acceptors (Lipinski definition) is 3. The van der Waals surface area contributed by atoms with Crippen LogP contribution < -0.4 is 15.2 Å². The zero-order valence-corrected chi connectivity index (χ0v) is 15.7. The largest absolute Gasteiger partial charge is 0.675 e. The van der Waals surface area contributed by atoms with E-state index in [0.717, 1.165) is 17.1 Å². The van der Waals surface area contributed by atoms with Crippen LogP contribution in [0.1, 0.15) is 0 Å². The second kappa shape index (κ2) is 8.50. The molecule has 0 aliphatic heterocycles. The highest BCUT2D eigenvalue weighted by Gasteiger charge is 2.08. The molecule has 0 unspecified atom stereocenters. The Morgan fingerprint density at radius 1 is 0.690 bits per heavy atom. The maximum absolute atomic E-state index is 12.8. The van der Waals surface area contributed by atoms with Gasteiger partial charge >= 0.3 is 5.69 Å². The zero-order valence-electron chi connectivity index (χ0n) is 15.7. The van der Waals surface area contributed by atoms with Crippen LogP contribution in [0, 0.1) is 0 Å². The quantitative estimate of drug-likeness (QED) is 0.456. The van der Waals surface area contributed by atoms with Gasteiger partial charge in [0.05, 0.1) is 18.0 Å². The van der Waals surface area contributed by atoms with Crippen LogP contribution >= 0.6 is 0 Å². The predicted molar refractivity (Wildman–Crippen MR) is 113 cm³/mol. The molecule has 146 valence electrons. The number of rotatable bonds is 7. The van der Waals surface area contributed by atoms with Gasteiger partial charge in [-0.25, -0.2) is 4.79 Å². The summed E-state index contributed by atoms with van der Waals surface area (Å²) in [5, 5.41) is 0. The van der Waals surface area contributed by atoms with Gasteiger partial charge in [-0.2, -0.15) is 0 Å². The average Bonchev–Trinajstić information content (AvgIpc) is 3.15. The topological polar surface area (TPSA) is 69.2 Å². The van der Waals surface area contributed by atoms with E-state index in [2.05, 4.69) is 0 Å². The summed E-state index contributed by atoms with van der Waals surface area (Å²) in [7, 11) is 0. The van der Waals surface area contributed by atoms with Gasteiger partial charge in [-0.3, -0.25) is 9.13 Å². The smallest absolute Gasteiger partial charge is 0.337 e. The lowest BCUT2D eigenvalue weighted by Gasteiger charge is -2.08. The van der Waals surface area contributed by atoms with Crippen molar-refractivity contribution < 1.29 is 9.47 Å². The maximum atomic E-state index is 12.8. The van der Waals surface area contributed by atoms with Crippen molar-refractivity contribution in [3.05, 3.63) is 107 Å². The van der Waals surface area contributed by atoms with Crippen molar-refractivity contribution in [3.8, 4) is 28.6 Å². The fourth-order valence-electron chi connectivity index (χ4n) is 2.94. The molecule has 1 aromatic heterocycles. The summed E-state index contributed by atoms with van der Waals surface area (Å²) in [4.78, 5) is 12.8. The highest BCUT2D eigenvalue weighted by atomic mass is 16.5. The van der Waals surface area contributed by atoms with Gasteiger partial charge in [-0.05, 0) is 60.7 Å². The van der Waals surface area contributed by atoms with E-state index in [1.54, 1.807) is 33.7 Å². The molecule has 0 amide bonds. The molecule has 0 aliphatic rings. The molecule has 6 heteroatoms. The number of imidazole rings is 1. The molecular formula is C23H20N3O3-. The molecule has 1 N–H and O–H groups in total. The molecule has 0 bridgehead atoms. The van der Waals surface area contributed by atoms with E-state index in [1.165, 1.54) is 0 Å². The van der Waals surface area contributed by atoms with Crippen LogP contribution in [0.2, 0.25) is 0 Å². The Bertz CT molecular complexity index is 1110. The van der Waals surface area contributed by atoms with Crippen molar-refractivity contribution in [1.29, 1.82) is 0 Å². The van der Waals surface area contributed by atoms with Crippen molar-refractivity contribution in [3.63, 3.8) is 0 Å². The number of aromatic nitrogens is 2. The Morgan fingerprint density at radius 3 is 1.76 bits per heavy atom. The van der Waals surface area contributed by atoms with E-state index >= 15 is 0 Å². The summed E-state index contributed by atoms with van der Waals surface area (Å²) in [6, 6.07) is 24.2. The van der Waals surface area contributed by atoms with E-state index in [-0.39, 0.29) is 12.2 Å². The highest BCUT2D eigenvalue weighted by Crippen LogP contribution is 2.22. The monoisotopic (exact) mass is 386 g/mol. The van der Waals surface area contributed by atoms with Crippen LogP contribution in [-0.4, -0.2) is 22.3 Å². The van der Waals surface area contributed by atoms with Crippen molar-refractivity contribution in [2.75, 3.05) is 13.2 Å². The van der Waals surface area contributed by atoms with E-state index in [4.69, 9.17) is 15.2 Å². The molecule has 0 fully saturated rings. The number of benzene rings is 3. The molecule has 1 heterocycles. The third kappa shape index (κ3) is 4.23. The fraction of sp³-hybridized carbons (Fsp3) is 0.0870. The summed E-state index contributed by atoms with van der Waals surface area (Å²) in [5.74, 6) is 2.15. The molecule has 0 atom stereocenters. The van der Waals surface area contributed by atoms with Crippen LogP contribution in [-0.2, 0) is 0 Å². The zero-order chi connectivity index (χ0) is 20.1. The molecule has 6 nitrogen and oxygen atoms in total. The molecule has 4 rings (SSSR count). The molecule has 4 aromatic rings. The number of hydrogen-bond donors (Lipinski definition) is 0. The van der Waals surface area contributed by atoms with Gasteiger partial charge in [-0.15, -0.1) is 6.54 Å². The van der Waals surface area contributed by atoms with Crippen LogP contribution in [0.15, 0.2) is 96.1 Å². The van der Waals surface area contributed by atoms with Crippen LogP contribution in [0.5, 0.6) is 17.2 Å². The summed E-state index contributed by atoms with van der Waals surface area (Å²) < 4.78 is 14.4. The van der Waals surface area contributed by atoms with Crippen LogP contribution in [0.25, 0.3) is 17.1 Å². The van der Waals surface area contributed by atoms with Crippen LogP contribution in [0.4, 0.5) is 0 Å². The first kappa shape index (κ1) is 18.6. The lowest BCUT2D eigenvalue weighted by molar-refractivity contribution is 0.337. The third-order valence-electron chi connectivity index (χ3n) is 4.36. The van der Waals surface area contributed by atoms with E-state index < -0.39 is 0 Å². The Hall–Kier alpha value is -3.77. The predicted octanol–water partition coefficient (Wildman–Crippen LogP) is 4.85. The second-order valence-corrected chi connectivity index (χ2v) is 6.32. The van der Waals surface area contributed by atoms with Crippen molar-refractivity contribution in [1.82, 2.24) is 9.13 Å². The number of para-hydroxylation sites is 1.